The first-order valence-electron chi connectivity index (χ1n) is 6.45. The van der Waals surface area contributed by atoms with Crippen LogP contribution in [-0.4, -0.2) is 5.78 Å². The third kappa shape index (κ3) is 3.50. The molecule has 0 aliphatic rings. The maximum atomic E-state index is 12.8. The molecule has 2 rings (SSSR count). The van der Waals surface area contributed by atoms with Crippen LogP contribution in [0.3, 0.4) is 0 Å². The second-order valence-corrected chi connectivity index (χ2v) is 5.13. The van der Waals surface area contributed by atoms with Gasteiger partial charge >= 0.3 is 0 Å². The fourth-order valence-corrected chi connectivity index (χ4v) is 2.03. The van der Waals surface area contributed by atoms with Gasteiger partial charge in [-0.1, -0.05) is 38.1 Å². The average Bonchev–Trinajstić information content (AvgIpc) is 2.39. The molecule has 0 heterocycles. The van der Waals surface area contributed by atoms with Gasteiger partial charge in [0.05, 0.1) is 0 Å². The molecule has 0 aromatic heterocycles. The van der Waals surface area contributed by atoms with Crippen molar-refractivity contribution in [1.29, 1.82) is 0 Å². The quantitative estimate of drug-likeness (QED) is 0.747. The Morgan fingerprint density at radius 2 is 1.42 bits per heavy atom. The van der Waals surface area contributed by atoms with Crippen LogP contribution in [0.5, 0.6) is 0 Å². The Balaban J connectivity index is 2.17. The Kier molecular flexibility index (Phi) is 4.10. The molecule has 19 heavy (non-hydrogen) atoms. The Labute approximate surface area is 113 Å². The third-order valence-corrected chi connectivity index (χ3v) is 2.97. The van der Waals surface area contributed by atoms with Crippen molar-refractivity contribution in [3.05, 3.63) is 71.0 Å². The standard InChI is InChI=1S/C17H17FO/c1-12(2)11-13-3-5-14(6-4-13)17(19)15-7-9-16(18)10-8-15/h3-10,12H,11H2,1-2H3. The number of hydrogen-bond acceptors (Lipinski definition) is 1. The van der Waals surface area contributed by atoms with Gasteiger partial charge in [-0.05, 0) is 42.2 Å². The van der Waals surface area contributed by atoms with Crippen molar-refractivity contribution in [2.75, 3.05) is 0 Å². The van der Waals surface area contributed by atoms with Crippen LogP contribution in [0.15, 0.2) is 48.5 Å². The minimum atomic E-state index is -0.330. The molecule has 98 valence electrons. The van der Waals surface area contributed by atoms with Gasteiger partial charge in [0.25, 0.3) is 0 Å². The fourth-order valence-electron chi connectivity index (χ4n) is 2.03. The number of carbonyl (C=O) groups excluding carboxylic acids is 1. The van der Waals surface area contributed by atoms with Crippen molar-refractivity contribution in [2.24, 2.45) is 5.92 Å². The topological polar surface area (TPSA) is 17.1 Å². The lowest BCUT2D eigenvalue weighted by molar-refractivity contribution is 0.103. The molecule has 1 nitrogen and oxygen atoms in total. The molecule has 0 atom stereocenters. The highest BCUT2D eigenvalue weighted by atomic mass is 19.1. The van der Waals surface area contributed by atoms with Crippen LogP contribution >= 0.6 is 0 Å². The molecule has 0 fully saturated rings. The van der Waals surface area contributed by atoms with E-state index in [1.807, 2.05) is 24.3 Å². The highest BCUT2D eigenvalue weighted by Gasteiger charge is 2.09. The molecule has 2 heteroatoms. The monoisotopic (exact) mass is 256 g/mol. The summed E-state index contributed by atoms with van der Waals surface area (Å²) in [6.45, 7) is 4.33. The summed E-state index contributed by atoms with van der Waals surface area (Å²) < 4.78 is 12.8. The summed E-state index contributed by atoms with van der Waals surface area (Å²) in [6.07, 6.45) is 1.00. The summed E-state index contributed by atoms with van der Waals surface area (Å²) in [7, 11) is 0. The summed E-state index contributed by atoms with van der Waals surface area (Å²) in [5.74, 6) is 0.193. The van der Waals surface area contributed by atoms with Crippen LogP contribution in [0.25, 0.3) is 0 Å². The number of ketones is 1. The van der Waals surface area contributed by atoms with Gasteiger partial charge < -0.3 is 0 Å². The zero-order chi connectivity index (χ0) is 13.8. The largest absolute Gasteiger partial charge is 0.289 e. The van der Waals surface area contributed by atoms with Gasteiger partial charge in [-0.3, -0.25) is 4.79 Å². The van der Waals surface area contributed by atoms with Gasteiger partial charge in [-0.2, -0.15) is 0 Å². The van der Waals surface area contributed by atoms with Gasteiger partial charge in [0.15, 0.2) is 5.78 Å². The number of hydrogen-bond donors (Lipinski definition) is 0. The summed E-state index contributed by atoms with van der Waals surface area (Å²) in [4.78, 5) is 12.2. The van der Waals surface area contributed by atoms with Crippen molar-refractivity contribution >= 4 is 5.78 Å². The van der Waals surface area contributed by atoms with Gasteiger partial charge in [0.1, 0.15) is 5.82 Å². The fraction of sp³-hybridized carbons (Fsp3) is 0.235. The molecular formula is C17H17FO. The number of benzene rings is 2. The zero-order valence-electron chi connectivity index (χ0n) is 11.2. The molecule has 0 unspecified atom stereocenters. The molecule has 0 bridgehead atoms. The number of carbonyl (C=O) groups is 1. The molecule has 0 spiro atoms. The summed E-state index contributed by atoms with van der Waals surface area (Å²) >= 11 is 0. The Bertz CT molecular complexity index is 553. The van der Waals surface area contributed by atoms with Crippen molar-refractivity contribution in [2.45, 2.75) is 20.3 Å². The second kappa shape index (κ2) is 5.79. The van der Waals surface area contributed by atoms with E-state index in [0.29, 0.717) is 17.0 Å². The van der Waals surface area contributed by atoms with Gasteiger partial charge in [0, 0.05) is 11.1 Å². The van der Waals surface area contributed by atoms with E-state index in [2.05, 4.69) is 13.8 Å². The van der Waals surface area contributed by atoms with Crippen LogP contribution in [0.1, 0.15) is 35.3 Å². The Morgan fingerprint density at radius 3 is 1.89 bits per heavy atom. The molecule has 0 aliphatic carbocycles. The average molecular weight is 256 g/mol. The highest BCUT2D eigenvalue weighted by molar-refractivity contribution is 6.08. The zero-order valence-corrected chi connectivity index (χ0v) is 11.2. The van der Waals surface area contributed by atoms with Crippen molar-refractivity contribution in [1.82, 2.24) is 0 Å². The number of halogens is 1. The van der Waals surface area contributed by atoms with Gasteiger partial charge in [-0.15, -0.1) is 0 Å². The SMILES string of the molecule is CC(C)Cc1ccc(C(=O)c2ccc(F)cc2)cc1. The van der Waals surface area contributed by atoms with E-state index in [4.69, 9.17) is 0 Å². The first-order chi connectivity index (χ1) is 9.06. The predicted octanol–water partition coefficient (Wildman–Crippen LogP) is 4.26. The first kappa shape index (κ1) is 13.5. The van der Waals surface area contributed by atoms with Crippen LogP contribution in [0, 0.1) is 11.7 Å². The van der Waals surface area contributed by atoms with Crippen molar-refractivity contribution in [3.63, 3.8) is 0 Å². The van der Waals surface area contributed by atoms with E-state index in [-0.39, 0.29) is 11.6 Å². The molecule has 0 saturated carbocycles. The van der Waals surface area contributed by atoms with Crippen LogP contribution in [-0.2, 0) is 6.42 Å². The molecule has 0 aliphatic heterocycles. The molecule has 0 saturated heterocycles. The molecule has 0 amide bonds. The molecule has 2 aromatic carbocycles. The van der Waals surface area contributed by atoms with E-state index in [1.54, 1.807) is 0 Å². The van der Waals surface area contributed by atoms with E-state index in [1.165, 1.54) is 29.8 Å². The van der Waals surface area contributed by atoms with E-state index in [9.17, 15) is 9.18 Å². The summed E-state index contributed by atoms with van der Waals surface area (Å²) in [6, 6.07) is 13.3. The van der Waals surface area contributed by atoms with Gasteiger partial charge in [0.2, 0.25) is 0 Å². The minimum Gasteiger partial charge on any atom is -0.289 e. The van der Waals surface area contributed by atoms with Gasteiger partial charge in [-0.25, -0.2) is 4.39 Å². The lowest BCUT2D eigenvalue weighted by Crippen LogP contribution is -2.02. The van der Waals surface area contributed by atoms with Crippen molar-refractivity contribution < 1.29 is 9.18 Å². The van der Waals surface area contributed by atoms with E-state index >= 15 is 0 Å². The van der Waals surface area contributed by atoms with Crippen LogP contribution in [0.4, 0.5) is 4.39 Å². The Morgan fingerprint density at radius 1 is 0.947 bits per heavy atom. The van der Waals surface area contributed by atoms with Crippen molar-refractivity contribution in [3.8, 4) is 0 Å². The lowest BCUT2D eigenvalue weighted by atomic mass is 9.98. The molecular weight excluding hydrogens is 239 g/mol. The summed E-state index contributed by atoms with van der Waals surface area (Å²) in [5.41, 5.74) is 2.38. The van der Waals surface area contributed by atoms with E-state index in [0.717, 1.165) is 6.42 Å². The summed E-state index contributed by atoms with van der Waals surface area (Å²) in [5, 5.41) is 0. The third-order valence-electron chi connectivity index (χ3n) is 2.97. The van der Waals surface area contributed by atoms with Crippen LogP contribution < -0.4 is 0 Å². The minimum absolute atomic E-state index is 0.0731. The highest BCUT2D eigenvalue weighted by Crippen LogP contribution is 2.14. The second-order valence-electron chi connectivity index (χ2n) is 5.13. The van der Waals surface area contributed by atoms with Crippen LogP contribution in [0.2, 0.25) is 0 Å². The molecule has 2 aromatic rings. The Hall–Kier alpha value is -1.96. The molecule has 0 N–H and O–H groups in total. The first-order valence-corrected chi connectivity index (χ1v) is 6.45. The molecule has 0 radical (unpaired) electrons. The normalized spacial score (nSPS) is 10.7. The predicted molar refractivity (Wildman–Crippen MR) is 74.8 cm³/mol. The maximum absolute atomic E-state index is 12.8. The maximum Gasteiger partial charge on any atom is 0.193 e. The lowest BCUT2D eigenvalue weighted by Gasteiger charge is -2.06. The van der Waals surface area contributed by atoms with E-state index < -0.39 is 0 Å². The number of rotatable bonds is 4. The smallest absolute Gasteiger partial charge is 0.193 e.